The average Bonchev–Trinajstić information content (AvgIpc) is 2.74. The normalized spacial score (nSPS) is 10.7. The van der Waals surface area contributed by atoms with E-state index in [0.29, 0.717) is 17.8 Å². The Kier molecular flexibility index (Phi) is 3.73. The fourth-order valence-electron chi connectivity index (χ4n) is 1.54. The van der Waals surface area contributed by atoms with E-state index < -0.39 is 0 Å². The van der Waals surface area contributed by atoms with E-state index in [2.05, 4.69) is 38.4 Å². The number of fused-ring (bicyclic) bond motifs is 1. The first-order valence-electron chi connectivity index (χ1n) is 5.49. The minimum absolute atomic E-state index is 0.00912. The van der Waals surface area contributed by atoms with Gasteiger partial charge in [-0.15, -0.1) is 10.2 Å². The van der Waals surface area contributed by atoms with E-state index in [4.69, 9.17) is 0 Å². The van der Waals surface area contributed by atoms with Crippen molar-refractivity contribution in [2.45, 2.75) is 26.2 Å². The van der Waals surface area contributed by atoms with Gasteiger partial charge in [0.1, 0.15) is 6.33 Å². The number of amides is 1. The van der Waals surface area contributed by atoms with Crippen LogP contribution in [-0.4, -0.2) is 20.5 Å². The number of nitrogens with one attached hydrogen (secondary N) is 1. The van der Waals surface area contributed by atoms with Crippen LogP contribution >= 0.6 is 15.9 Å². The van der Waals surface area contributed by atoms with E-state index in [1.807, 2.05) is 12.3 Å². The van der Waals surface area contributed by atoms with Crippen LogP contribution < -0.4 is 5.32 Å². The van der Waals surface area contributed by atoms with Gasteiger partial charge in [-0.3, -0.25) is 9.20 Å². The molecule has 0 unspecified atom stereocenters. The van der Waals surface area contributed by atoms with Crippen molar-refractivity contribution in [3.05, 3.63) is 23.1 Å². The third-order valence-corrected chi connectivity index (χ3v) is 2.82. The van der Waals surface area contributed by atoms with Gasteiger partial charge in [0.2, 0.25) is 5.91 Å². The van der Waals surface area contributed by atoms with Crippen molar-refractivity contribution in [3.63, 3.8) is 0 Å². The van der Waals surface area contributed by atoms with Gasteiger partial charge in [-0.25, -0.2) is 0 Å². The van der Waals surface area contributed by atoms with Crippen molar-refractivity contribution >= 4 is 33.2 Å². The first-order chi connectivity index (χ1) is 8.20. The maximum Gasteiger partial charge on any atom is 0.224 e. The molecule has 2 aromatic heterocycles. The van der Waals surface area contributed by atoms with E-state index in [1.165, 1.54) is 0 Å². The topological polar surface area (TPSA) is 59.3 Å². The van der Waals surface area contributed by atoms with Crippen molar-refractivity contribution < 1.29 is 4.79 Å². The molecule has 0 saturated carbocycles. The maximum atomic E-state index is 11.7. The lowest BCUT2D eigenvalue weighted by Crippen LogP contribution is -2.12. The van der Waals surface area contributed by atoms with Crippen LogP contribution in [0.4, 0.5) is 5.69 Å². The molecule has 0 aliphatic rings. The van der Waals surface area contributed by atoms with Gasteiger partial charge in [0.05, 0.1) is 5.69 Å². The van der Waals surface area contributed by atoms with Gasteiger partial charge in [-0.1, -0.05) is 13.3 Å². The van der Waals surface area contributed by atoms with E-state index in [1.54, 1.807) is 10.7 Å². The van der Waals surface area contributed by atoms with Gasteiger partial charge < -0.3 is 5.32 Å². The summed E-state index contributed by atoms with van der Waals surface area (Å²) in [6, 6.07) is 1.83. The summed E-state index contributed by atoms with van der Waals surface area (Å²) in [5.74, 6) is 0.00912. The number of unbranched alkanes of at least 4 members (excludes halogenated alkanes) is 1. The standard InChI is InChI=1S/C11H13BrN4O/c1-2-3-4-10(17)14-9-5-8(12)6-16-7-13-15-11(9)16/h5-7H,2-4H2,1H3,(H,14,17). The molecule has 0 fully saturated rings. The van der Waals surface area contributed by atoms with Crippen LogP contribution in [0.3, 0.4) is 0 Å². The Hall–Kier alpha value is -1.43. The Morgan fingerprint density at radius 1 is 1.59 bits per heavy atom. The molecule has 2 rings (SSSR count). The number of anilines is 1. The lowest BCUT2D eigenvalue weighted by atomic mass is 10.2. The van der Waals surface area contributed by atoms with Crippen molar-refractivity contribution in [3.8, 4) is 0 Å². The number of hydrogen-bond acceptors (Lipinski definition) is 3. The Morgan fingerprint density at radius 3 is 3.18 bits per heavy atom. The molecule has 0 bridgehead atoms. The maximum absolute atomic E-state index is 11.7. The molecule has 1 N–H and O–H groups in total. The second-order valence-corrected chi connectivity index (χ2v) is 4.70. The molecular formula is C11H13BrN4O. The van der Waals surface area contributed by atoms with E-state index in [0.717, 1.165) is 17.3 Å². The molecule has 17 heavy (non-hydrogen) atoms. The molecule has 5 nitrogen and oxygen atoms in total. The predicted octanol–water partition coefficient (Wildman–Crippen LogP) is 2.62. The zero-order valence-electron chi connectivity index (χ0n) is 9.48. The molecule has 0 aromatic carbocycles. The molecule has 1 amide bonds. The largest absolute Gasteiger partial charge is 0.323 e. The Balaban J connectivity index is 2.22. The number of carbonyl (C=O) groups excluding carboxylic acids is 1. The lowest BCUT2D eigenvalue weighted by Gasteiger charge is -2.06. The highest BCUT2D eigenvalue weighted by Gasteiger charge is 2.08. The summed E-state index contributed by atoms with van der Waals surface area (Å²) in [7, 11) is 0. The fraction of sp³-hybridized carbons (Fsp3) is 0.364. The number of carbonyl (C=O) groups is 1. The molecule has 2 heterocycles. The van der Waals surface area contributed by atoms with Crippen LogP contribution in [0.1, 0.15) is 26.2 Å². The van der Waals surface area contributed by atoms with Crippen LogP contribution in [0.25, 0.3) is 5.65 Å². The smallest absolute Gasteiger partial charge is 0.224 e. The minimum Gasteiger partial charge on any atom is -0.323 e. The van der Waals surface area contributed by atoms with Crippen LogP contribution in [0, 0.1) is 0 Å². The van der Waals surface area contributed by atoms with Gasteiger partial charge >= 0.3 is 0 Å². The van der Waals surface area contributed by atoms with Crippen molar-refractivity contribution in [2.24, 2.45) is 0 Å². The molecule has 0 saturated heterocycles. The van der Waals surface area contributed by atoms with Crippen LogP contribution in [-0.2, 0) is 4.79 Å². The lowest BCUT2D eigenvalue weighted by molar-refractivity contribution is -0.116. The number of rotatable bonds is 4. The van der Waals surface area contributed by atoms with Gasteiger partial charge in [-0.2, -0.15) is 0 Å². The second kappa shape index (κ2) is 5.27. The number of nitrogens with zero attached hydrogens (tertiary/aromatic N) is 3. The second-order valence-electron chi connectivity index (χ2n) is 3.79. The summed E-state index contributed by atoms with van der Waals surface area (Å²) in [5, 5.41) is 10.6. The van der Waals surface area contributed by atoms with Crippen LogP contribution in [0.2, 0.25) is 0 Å². The number of aromatic nitrogens is 3. The predicted molar refractivity (Wildman–Crippen MR) is 68.8 cm³/mol. The highest BCUT2D eigenvalue weighted by atomic mass is 79.9. The highest BCUT2D eigenvalue weighted by Crippen LogP contribution is 2.20. The number of pyridine rings is 1. The zero-order chi connectivity index (χ0) is 12.3. The van der Waals surface area contributed by atoms with E-state index in [-0.39, 0.29) is 5.91 Å². The molecule has 2 aromatic rings. The van der Waals surface area contributed by atoms with Gasteiger partial charge in [0, 0.05) is 17.1 Å². The summed E-state index contributed by atoms with van der Waals surface area (Å²) >= 11 is 3.38. The fourth-order valence-corrected chi connectivity index (χ4v) is 1.99. The van der Waals surface area contributed by atoms with Gasteiger partial charge in [0.25, 0.3) is 0 Å². The third kappa shape index (κ3) is 2.82. The molecule has 0 atom stereocenters. The quantitative estimate of drug-likeness (QED) is 0.943. The molecule has 0 spiro atoms. The van der Waals surface area contributed by atoms with Crippen molar-refractivity contribution in [2.75, 3.05) is 5.32 Å². The highest BCUT2D eigenvalue weighted by molar-refractivity contribution is 9.10. The molecule has 0 radical (unpaired) electrons. The molecule has 6 heteroatoms. The molecule has 0 aliphatic carbocycles. The summed E-state index contributed by atoms with van der Waals surface area (Å²) in [6.45, 7) is 2.06. The Morgan fingerprint density at radius 2 is 2.41 bits per heavy atom. The molecule has 90 valence electrons. The number of halogens is 1. The van der Waals surface area contributed by atoms with Crippen LogP contribution in [0.15, 0.2) is 23.1 Å². The van der Waals surface area contributed by atoms with Crippen molar-refractivity contribution in [1.82, 2.24) is 14.6 Å². The summed E-state index contributed by atoms with van der Waals surface area (Å²) < 4.78 is 2.63. The average molecular weight is 297 g/mol. The molecular weight excluding hydrogens is 284 g/mol. The monoisotopic (exact) mass is 296 g/mol. The van der Waals surface area contributed by atoms with E-state index in [9.17, 15) is 4.79 Å². The van der Waals surface area contributed by atoms with Crippen LogP contribution in [0.5, 0.6) is 0 Å². The first kappa shape index (κ1) is 12.0. The first-order valence-corrected chi connectivity index (χ1v) is 6.28. The Bertz CT molecular complexity index is 537. The number of hydrogen-bond donors (Lipinski definition) is 1. The van der Waals surface area contributed by atoms with Gasteiger partial charge in [-0.05, 0) is 28.4 Å². The van der Waals surface area contributed by atoms with E-state index >= 15 is 0 Å². The van der Waals surface area contributed by atoms with Gasteiger partial charge in [0.15, 0.2) is 5.65 Å². The van der Waals surface area contributed by atoms with Crippen molar-refractivity contribution in [1.29, 1.82) is 0 Å². The summed E-state index contributed by atoms with van der Waals surface area (Å²) in [5.41, 5.74) is 1.33. The SMILES string of the molecule is CCCCC(=O)Nc1cc(Br)cn2cnnc12. The molecule has 0 aliphatic heterocycles. The summed E-state index contributed by atoms with van der Waals surface area (Å²) in [4.78, 5) is 11.7. The Labute approximate surface area is 107 Å². The summed E-state index contributed by atoms with van der Waals surface area (Å²) in [6.07, 6.45) is 5.87. The third-order valence-electron chi connectivity index (χ3n) is 2.39. The minimum atomic E-state index is 0.00912. The zero-order valence-corrected chi connectivity index (χ0v) is 11.1.